The molecule has 0 heterocycles. The van der Waals surface area contributed by atoms with Crippen LogP contribution in [0.25, 0.3) is 0 Å². The van der Waals surface area contributed by atoms with Crippen LogP contribution in [0, 0.1) is 28.1 Å². The first-order chi connectivity index (χ1) is 25.6. The number of alkyl halides is 3. The van der Waals surface area contributed by atoms with Crippen LogP contribution in [-0.4, -0.2) is 47.4 Å². The number of carbonyl (C=O) groups excluding carboxylic acids is 1. The minimum absolute atomic E-state index is 0. The van der Waals surface area contributed by atoms with Crippen LogP contribution in [0.15, 0.2) is 60.7 Å². The van der Waals surface area contributed by atoms with Crippen LogP contribution in [0.2, 0.25) is 20.1 Å². The fourth-order valence-electron chi connectivity index (χ4n) is 3.51. The van der Waals surface area contributed by atoms with Crippen LogP contribution in [0.1, 0.15) is 31.8 Å². The SMILES string of the molecule is BrCCCBr.Cc1cc(Cl)cc(I)c1OCCCBr.Cc1cc(Cl)cc(I)c1OCCCOc1ccc(Cl)cc1I.O=CO[O-].Oc1ccc(Cl)cc1I.[H-].[K+].[K+]. The Morgan fingerprint density at radius 1 is 0.625 bits per heavy atom. The normalized spacial score (nSPS) is 9.39. The van der Waals surface area contributed by atoms with Gasteiger partial charge < -0.3 is 30.9 Å². The first-order valence-corrected chi connectivity index (χ1v) is 24.6. The van der Waals surface area contributed by atoms with Gasteiger partial charge in [-0.2, -0.15) is 0 Å². The minimum atomic E-state index is -0.181. The number of benzene rings is 4. The van der Waals surface area contributed by atoms with Crippen molar-refractivity contribution in [2.45, 2.75) is 33.1 Å². The van der Waals surface area contributed by atoms with Gasteiger partial charge in [0.2, 0.25) is 0 Å². The molecule has 0 aliphatic carbocycles. The second-order valence-electron chi connectivity index (χ2n) is 10.1. The number of hydrogen-bond donors (Lipinski definition) is 1. The Labute approximate surface area is 516 Å². The zero-order valence-corrected chi connectivity index (χ0v) is 53.4. The predicted octanol–water partition coefficient (Wildman–Crippen LogP) is 8.15. The smallest absolute Gasteiger partial charge is 1.00 e. The molecule has 0 amide bonds. The summed E-state index contributed by atoms with van der Waals surface area (Å²) in [5, 5.41) is 23.5. The summed E-state index contributed by atoms with van der Waals surface area (Å²) in [6.45, 7) is 5.76. The van der Waals surface area contributed by atoms with Gasteiger partial charge in [-0.05, 0) is 189 Å². The van der Waals surface area contributed by atoms with E-state index in [0.29, 0.717) is 23.3 Å². The van der Waals surface area contributed by atoms with Gasteiger partial charge in [-0.1, -0.05) is 94.2 Å². The van der Waals surface area contributed by atoms with E-state index in [2.05, 4.69) is 120 Å². The Bertz CT molecular complexity index is 1650. The Morgan fingerprint density at radius 3 is 1.38 bits per heavy atom. The Kier molecular flexibility index (Phi) is 47.0. The van der Waals surface area contributed by atoms with Gasteiger partial charge in [0.05, 0.1) is 34.1 Å². The van der Waals surface area contributed by atoms with E-state index in [1.165, 1.54) is 6.42 Å². The largest absolute Gasteiger partial charge is 1.00 e. The average Bonchev–Trinajstić information content (AvgIpc) is 3.10. The Morgan fingerprint density at radius 2 is 1.02 bits per heavy atom. The molecule has 4 rings (SSSR count). The minimum Gasteiger partial charge on any atom is -1.00 e. The van der Waals surface area contributed by atoms with Gasteiger partial charge in [0.25, 0.3) is 6.47 Å². The summed E-state index contributed by atoms with van der Waals surface area (Å²) in [5.74, 6) is 2.98. The molecule has 0 aliphatic rings. The molecular formula is C36H37Br3Cl4I4K2O7. The molecule has 0 unspecified atom stereocenters. The van der Waals surface area contributed by atoms with Gasteiger partial charge in [0.15, 0.2) is 0 Å². The Balaban J connectivity index is -0.000000345. The maximum atomic E-state index is 8.98. The summed E-state index contributed by atoms with van der Waals surface area (Å²) in [5.41, 5.74) is 2.14. The molecular weight excluding hydrogens is 1510 g/mol. The molecule has 0 aromatic heterocycles. The number of rotatable bonds is 13. The van der Waals surface area contributed by atoms with Crippen LogP contribution in [0.4, 0.5) is 0 Å². The number of aromatic hydroxyl groups is 1. The van der Waals surface area contributed by atoms with E-state index in [9.17, 15) is 0 Å². The third-order valence-electron chi connectivity index (χ3n) is 5.82. The maximum absolute atomic E-state index is 8.98. The summed E-state index contributed by atoms with van der Waals surface area (Å²) >= 11 is 42.1. The summed E-state index contributed by atoms with van der Waals surface area (Å²) in [6, 6.07) is 18.2. The van der Waals surface area contributed by atoms with Gasteiger partial charge in [-0.15, -0.1) is 0 Å². The van der Waals surface area contributed by atoms with Crippen molar-refractivity contribution in [1.82, 2.24) is 0 Å². The topological polar surface area (TPSA) is 97.3 Å². The fraction of sp³-hybridized carbons (Fsp3) is 0.306. The molecule has 1 N–H and O–H groups in total. The summed E-state index contributed by atoms with van der Waals surface area (Å²) in [7, 11) is 0. The molecule has 4 aromatic rings. The van der Waals surface area contributed by atoms with E-state index in [1.807, 2.05) is 78.9 Å². The number of aryl methyl sites for hydroxylation is 2. The third-order valence-corrected chi connectivity index (χ3v) is 11.7. The van der Waals surface area contributed by atoms with Crippen molar-refractivity contribution in [2.75, 3.05) is 35.8 Å². The van der Waals surface area contributed by atoms with Gasteiger partial charge in [-0.3, -0.25) is 4.79 Å². The molecule has 0 saturated carbocycles. The molecule has 302 valence electrons. The molecule has 0 fully saturated rings. The van der Waals surface area contributed by atoms with Gasteiger partial charge in [0.1, 0.15) is 23.0 Å². The van der Waals surface area contributed by atoms with Gasteiger partial charge in [0, 0.05) is 42.5 Å². The fourth-order valence-corrected chi connectivity index (χ4v) is 9.70. The molecule has 4 aromatic carbocycles. The second-order valence-corrected chi connectivity index (χ2v) is 18.9. The van der Waals surface area contributed by atoms with E-state index in [-0.39, 0.29) is 116 Å². The number of phenols is 1. The molecule has 0 atom stereocenters. The van der Waals surface area contributed by atoms with Crippen LogP contribution in [0.3, 0.4) is 0 Å². The van der Waals surface area contributed by atoms with Crippen molar-refractivity contribution in [3.8, 4) is 23.0 Å². The zero-order chi connectivity index (χ0) is 41.1. The van der Waals surface area contributed by atoms with Crippen molar-refractivity contribution < 1.29 is 138 Å². The number of phenolic OH excluding ortho intramolecular Hbond substituents is 1. The zero-order valence-electron chi connectivity index (χ0n) is 31.8. The predicted molar refractivity (Wildman–Crippen MR) is 268 cm³/mol. The average molecular weight is 1550 g/mol. The quantitative estimate of drug-likeness (QED) is 0.0275. The summed E-state index contributed by atoms with van der Waals surface area (Å²) in [4.78, 5) is 11.2. The van der Waals surface area contributed by atoms with Gasteiger partial charge in [-0.25, -0.2) is 0 Å². The second kappa shape index (κ2) is 40.8. The third kappa shape index (κ3) is 31.2. The van der Waals surface area contributed by atoms with E-state index in [4.69, 9.17) is 75.8 Å². The monoisotopic (exact) mass is 1540 g/mol. The number of carbonyl (C=O) groups is 1. The molecule has 0 spiro atoms. The number of hydrogen-bond acceptors (Lipinski definition) is 7. The first-order valence-electron chi connectivity index (χ1n) is 15.4. The van der Waals surface area contributed by atoms with Crippen molar-refractivity contribution in [2.24, 2.45) is 0 Å². The number of ether oxygens (including phenoxy) is 3. The van der Waals surface area contributed by atoms with Crippen LogP contribution in [-0.2, 0) is 9.68 Å². The standard InChI is InChI=1S/C16H14Cl2I2O2.C10H11BrClIO.C6H4ClIO.C3H6Br2.CH2O3.2K.H/c1-10-7-12(18)9-14(20)16(10)22-6-2-5-21-15-4-3-11(17)8-13(15)19;1-7-5-8(12)6-9(13)10(7)14-4-2-3-11;7-4-1-2-6(9)5(8)3-4;4-2-1-3-5;2-1-4-3;;;/h3-4,7-9H,2,5-6H2,1H3;5-6H,2-4H2,1H3;1-3,9H;1-3H2;1,3H;;;/q;;;;;2*+1;-1/p-1. The van der Waals surface area contributed by atoms with E-state index in [1.54, 1.807) is 18.2 Å². The van der Waals surface area contributed by atoms with Crippen molar-refractivity contribution >= 4 is 191 Å². The van der Waals surface area contributed by atoms with Crippen LogP contribution in [0.5, 0.6) is 23.0 Å². The summed E-state index contributed by atoms with van der Waals surface area (Å²) in [6.07, 6.45) is 3.04. The molecule has 20 heteroatoms. The molecule has 0 bridgehead atoms. The van der Waals surface area contributed by atoms with Crippen molar-refractivity contribution in [1.29, 1.82) is 0 Å². The van der Waals surface area contributed by atoms with Gasteiger partial charge >= 0.3 is 103 Å². The van der Waals surface area contributed by atoms with Crippen LogP contribution < -0.4 is 122 Å². The van der Waals surface area contributed by atoms with E-state index >= 15 is 0 Å². The maximum Gasteiger partial charge on any atom is 1.00 e. The van der Waals surface area contributed by atoms with Crippen molar-refractivity contribution in [3.63, 3.8) is 0 Å². The Hall–Kier alpha value is 4.30. The summed E-state index contributed by atoms with van der Waals surface area (Å²) < 4.78 is 21.1. The van der Waals surface area contributed by atoms with E-state index < -0.39 is 0 Å². The molecule has 0 aliphatic heterocycles. The first kappa shape index (κ1) is 64.6. The molecule has 7 nitrogen and oxygen atoms in total. The molecule has 56 heavy (non-hydrogen) atoms. The molecule has 0 radical (unpaired) electrons. The molecule has 0 saturated heterocycles. The van der Waals surface area contributed by atoms with Crippen LogP contribution >= 0.6 is 185 Å². The number of halogens is 11. The van der Waals surface area contributed by atoms with E-state index in [0.717, 1.165) is 88.1 Å². The van der Waals surface area contributed by atoms with Crippen molar-refractivity contribution in [3.05, 3.63) is 106 Å².